The average molecular weight is 172 g/mol. The van der Waals surface area contributed by atoms with Gasteiger partial charge >= 0.3 is 0 Å². The summed E-state index contributed by atoms with van der Waals surface area (Å²) >= 11 is 0. The second-order valence-electron chi connectivity index (χ2n) is 1.96. The molecule has 0 heterocycles. The van der Waals surface area contributed by atoms with Gasteiger partial charge in [0.25, 0.3) is 0 Å². The van der Waals surface area contributed by atoms with Gasteiger partial charge in [-0.15, -0.1) is 0 Å². The van der Waals surface area contributed by atoms with Crippen molar-refractivity contribution >= 4 is 10.7 Å². The summed E-state index contributed by atoms with van der Waals surface area (Å²) in [6, 6.07) is 6.33. The van der Waals surface area contributed by atoms with Crippen molar-refractivity contribution in [2.24, 2.45) is 0 Å². The van der Waals surface area contributed by atoms with Gasteiger partial charge in [-0.05, 0) is 18.2 Å². The Kier molecular flexibility index (Phi) is 2.48. The highest BCUT2D eigenvalue weighted by molar-refractivity contribution is 7.72. The number of thiol groups is 1. The number of benzene rings is 1. The highest BCUT2D eigenvalue weighted by atomic mass is 32.2. The predicted octanol–water partition coefficient (Wildman–Crippen LogP) is 0.665. The molecule has 3 nitrogen and oxygen atoms in total. The van der Waals surface area contributed by atoms with Crippen LogP contribution in [0.4, 0.5) is 0 Å². The van der Waals surface area contributed by atoms with Crippen LogP contribution in [-0.2, 0) is 10.7 Å². The minimum atomic E-state index is -2.50. The standard InChI is InChI=1S/C7H8O3S/c1-10-6-3-2-4-7(5-6)11(8)9/h2-5,11H,1H3. The molecule has 1 aromatic carbocycles. The average Bonchev–Trinajstić information content (AvgIpc) is 2.05. The molecule has 0 fully saturated rings. The van der Waals surface area contributed by atoms with Gasteiger partial charge in [-0.1, -0.05) is 6.07 Å². The normalized spacial score (nSPS) is 10.0. The van der Waals surface area contributed by atoms with E-state index in [0.29, 0.717) is 5.75 Å². The molecule has 0 atom stereocenters. The quantitative estimate of drug-likeness (QED) is 0.666. The minimum absolute atomic E-state index is 0.277. The second kappa shape index (κ2) is 3.39. The van der Waals surface area contributed by atoms with E-state index >= 15 is 0 Å². The van der Waals surface area contributed by atoms with Crippen molar-refractivity contribution in [2.75, 3.05) is 7.11 Å². The van der Waals surface area contributed by atoms with Crippen LogP contribution in [0.15, 0.2) is 29.2 Å². The SMILES string of the molecule is COc1cccc([SH](=O)=O)c1. The van der Waals surface area contributed by atoms with Crippen molar-refractivity contribution in [3.05, 3.63) is 24.3 Å². The molecule has 0 amide bonds. The Morgan fingerprint density at radius 1 is 1.36 bits per heavy atom. The molecule has 11 heavy (non-hydrogen) atoms. The Bertz CT molecular complexity index is 309. The van der Waals surface area contributed by atoms with Gasteiger partial charge in [-0.25, -0.2) is 8.42 Å². The van der Waals surface area contributed by atoms with Crippen LogP contribution in [0.3, 0.4) is 0 Å². The zero-order valence-corrected chi connectivity index (χ0v) is 6.88. The van der Waals surface area contributed by atoms with E-state index in [4.69, 9.17) is 4.74 Å². The van der Waals surface area contributed by atoms with Crippen molar-refractivity contribution in [1.82, 2.24) is 0 Å². The first kappa shape index (κ1) is 8.07. The second-order valence-corrected chi connectivity index (χ2v) is 2.99. The fraction of sp³-hybridized carbons (Fsp3) is 0.143. The first-order chi connectivity index (χ1) is 5.24. The van der Waals surface area contributed by atoms with Crippen LogP contribution in [0.2, 0.25) is 0 Å². The van der Waals surface area contributed by atoms with Crippen molar-refractivity contribution in [2.45, 2.75) is 4.90 Å². The molecule has 60 valence electrons. The molecule has 0 aliphatic carbocycles. The molecule has 0 N–H and O–H groups in total. The van der Waals surface area contributed by atoms with E-state index in [-0.39, 0.29) is 4.90 Å². The maximum absolute atomic E-state index is 10.5. The summed E-state index contributed by atoms with van der Waals surface area (Å²) in [5, 5.41) is 0. The Labute approximate surface area is 66.6 Å². The summed E-state index contributed by atoms with van der Waals surface area (Å²) < 4.78 is 25.7. The molecule has 0 bridgehead atoms. The van der Waals surface area contributed by atoms with E-state index in [1.54, 1.807) is 12.1 Å². The maximum Gasteiger partial charge on any atom is 0.168 e. The molecule has 0 spiro atoms. The predicted molar refractivity (Wildman–Crippen MR) is 41.6 cm³/mol. The topological polar surface area (TPSA) is 43.4 Å². The smallest absolute Gasteiger partial charge is 0.168 e. The Morgan fingerprint density at radius 2 is 2.09 bits per heavy atom. The molecule has 0 radical (unpaired) electrons. The summed E-state index contributed by atoms with van der Waals surface area (Å²) in [5.41, 5.74) is 0. The molecule has 0 saturated heterocycles. The van der Waals surface area contributed by atoms with Crippen molar-refractivity contribution < 1.29 is 13.2 Å². The Balaban J connectivity index is 3.10. The van der Waals surface area contributed by atoms with E-state index in [1.807, 2.05) is 0 Å². The molecule has 1 rings (SSSR count). The summed E-state index contributed by atoms with van der Waals surface area (Å²) in [6.07, 6.45) is 0. The number of hydrogen-bond donors (Lipinski definition) is 1. The van der Waals surface area contributed by atoms with Gasteiger partial charge in [0.15, 0.2) is 10.7 Å². The summed E-state index contributed by atoms with van der Waals surface area (Å²) in [6.45, 7) is 0. The fourth-order valence-corrected chi connectivity index (χ4v) is 1.16. The number of rotatable bonds is 2. The van der Waals surface area contributed by atoms with Gasteiger partial charge in [0, 0.05) is 0 Å². The van der Waals surface area contributed by atoms with Crippen LogP contribution >= 0.6 is 0 Å². The molecule has 4 heteroatoms. The maximum atomic E-state index is 10.5. The van der Waals surface area contributed by atoms with Crippen LogP contribution in [0.5, 0.6) is 5.75 Å². The molecule has 0 aliphatic heterocycles. The monoisotopic (exact) mass is 172 g/mol. The van der Waals surface area contributed by atoms with Crippen LogP contribution in [0, 0.1) is 0 Å². The van der Waals surface area contributed by atoms with Crippen molar-refractivity contribution in [1.29, 1.82) is 0 Å². The zero-order valence-electron chi connectivity index (χ0n) is 5.98. The van der Waals surface area contributed by atoms with Crippen molar-refractivity contribution in [3.8, 4) is 5.75 Å². The number of hydrogen-bond acceptors (Lipinski definition) is 3. The van der Waals surface area contributed by atoms with Crippen LogP contribution in [0.25, 0.3) is 0 Å². The van der Waals surface area contributed by atoms with Gasteiger partial charge < -0.3 is 4.74 Å². The highest BCUT2D eigenvalue weighted by Gasteiger charge is 1.95. The lowest BCUT2D eigenvalue weighted by molar-refractivity contribution is 0.413. The molecule has 1 aromatic rings. The molecular weight excluding hydrogens is 164 g/mol. The third-order valence-electron chi connectivity index (χ3n) is 1.26. The lowest BCUT2D eigenvalue weighted by Crippen LogP contribution is -1.84. The van der Waals surface area contributed by atoms with Gasteiger partial charge in [0.1, 0.15) is 5.75 Å². The molecule has 0 aromatic heterocycles. The first-order valence-electron chi connectivity index (χ1n) is 3.02. The molecule has 0 unspecified atom stereocenters. The molecular formula is C7H8O3S. The third-order valence-corrected chi connectivity index (χ3v) is 1.96. The van der Waals surface area contributed by atoms with Crippen LogP contribution in [0.1, 0.15) is 0 Å². The number of methoxy groups -OCH3 is 1. The van der Waals surface area contributed by atoms with Gasteiger partial charge in [0.05, 0.1) is 12.0 Å². The van der Waals surface area contributed by atoms with Crippen LogP contribution in [-0.4, -0.2) is 15.5 Å². The largest absolute Gasteiger partial charge is 0.497 e. The van der Waals surface area contributed by atoms with E-state index in [2.05, 4.69) is 0 Å². The lowest BCUT2D eigenvalue weighted by Gasteiger charge is -1.97. The highest BCUT2D eigenvalue weighted by Crippen LogP contribution is 2.12. The zero-order chi connectivity index (χ0) is 8.27. The third kappa shape index (κ3) is 1.94. The molecule has 0 aliphatic rings. The minimum Gasteiger partial charge on any atom is -0.497 e. The Morgan fingerprint density at radius 3 is 2.64 bits per heavy atom. The summed E-state index contributed by atoms with van der Waals surface area (Å²) in [4.78, 5) is 0.277. The van der Waals surface area contributed by atoms with E-state index in [1.165, 1.54) is 19.2 Å². The van der Waals surface area contributed by atoms with Crippen LogP contribution < -0.4 is 4.74 Å². The summed E-state index contributed by atoms with van der Waals surface area (Å²) in [5.74, 6) is 0.557. The number of ether oxygens (including phenoxy) is 1. The van der Waals surface area contributed by atoms with E-state index in [9.17, 15) is 8.42 Å². The fourth-order valence-electron chi connectivity index (χ4n) is 0.724. The molecule has 0 saturated carbocycles. The van der Waals surface area contributed by atoms with Gasteiger partial charge in [-0.2, -0.15) is 0 Å². The summed E-state index contributed by atoms with van der Waals surface area (Å²) in [7, 11) is -1.00. The van der Waals surface area contributed by atoms with Crippen molar-refractivity contribution in [3.63, 3.8) is 0 Å². The first-order valence-corrected chi connectivity index (χ1v) is 4.20. The van der Waals surface area contributed by atoms with E-state index < -0.39 is 10.7 Å². The lowest BCUT2D eigenvalue weighted by atomic mass is 10.3. The van der Waals surface area contributed by atoms with E-state index in [0.717, 1.165) is 0 Å². The van der Waals surface area contributed by atoms with Gasteiger partial charge in [0.2, 0.25) is 0 Å². The van der Waals surface area contributed by atoms with Gasteiger partial charge in [-0.3, -0.25) is 0 Å². The Hall–Kier alpha value is -1.03.